The van der Waals surface area contributed by atoms with E-state index < -0.39 is 0 Å². The van der Waals surface area contributed by atoms with Crippen LogP contribution in [0.4, 0.5) is 14.5 Å². The Morgan fingerprint density at radius 3 is 2.00 bits per heavy atom. The number of furan rings is 1. The predicted octanol–water partition coefficient (Wildman–Crippen LogP) is 4.19. The Morgan fingerprint density at radius 1 is 0.778 bits per heavy atom. The highest BCUT2D eigenvalue weighted by molar-refractivity contribution is 5.92. The van der Waals surface area contributed by atoms with Gasteiger partial charge in [0.1, 0.15) is 17.4 Å². The molecule has 0 unspecified atom stereocenters. The third kappa shape index (κ3) is 3.69. The van der Waals surface area contributed by atoms with Crippen molar-refractivity contribution in [3.63, 3.8) is 0 Å². The average Bonchev–Trinajstić information content (AvgIpc) is 3.19. The van der Waals surface area contributed by atoms with Gasteiger partial charge in [0, 0.05) is 37.4 Å². The second kappa shape index (κ2) is 7.23. The largest absolute Gasteiger partial charge is 0.451 e. The third-order valence-electron chi connectivity index (χ3n) is 4.70. The molecule has 138 valence electrons. The number of nitrogens with zero attached hydrogens (tertiary/aromatic N) is 2. The molecule has 0 saturated carbocycles. The first-order valence-corrected chi connectivity index (χ1v) is 8.76. The van der Waals surface area contributed by atoms with E-state index in [4.69, 9.17) is 4.42 Å². The van der Waals surface area contributed by atoms with Gasteiger partial charge in [0.25, 0.3) is 5.91 Å². The van der Waals surface area contributed by atoms with E-state index in [0.717, 1.165) is 11.3 Å². The molecule has 4 nitrogen and oxygen atoms in total. The molecule has 0 atom stereocenters. The zero-order chi connectivity index (χ0) is 18.8. The van der Waals surface area contributed by atoms with Crippen molar-refractivity contribution in [1.29, 1.82) is 0 Å². The number of halogens is 2. The first kappa shape index (κ1) is 17.3. The van der Waals surface area contributed by atoms with Crippen LogP contribution in [0.1, 0.15) is 10.6 Å². The predicted molar refractivity (Wildman–Crippen MR) is 98.6 cm³/mol. The lowest BCUT2D eigenvalue weighted by atomic mass is 10.2. The van der Waals surface area contributed by atoms with Gasteiger partial charge in [0.2, 0.25) is 0 Å². The summed E-state index contributed by atoms with van der Waals surface area (Å²) in [6, 6.07) is 15.7. The van der Waals surface area contributed by atoms with Crippen molar-refractivity contribution < 1.29 is 18.0 Å². The van der Waals surface area contributed by atoms with E-state index >= 15 is 0 Å². The van der Waals surface area contributed by atoms with Crippen molar-refractivity contribution in [2.75, 3.05) is 31.1 Å². The Balaban J connectivity index is 1.41. The monoisotopic (exact) mass is 368 g/mol. The zero-order valence-corrected chi connectivity index (χ0v) is 14.6. The Hall–Kier alpha value is -3.15. The van der Waals surface area contributed by atoms with Gasteiger partial charge >= 0.3 is 0 Å². The number of benzene rings is 2. The number of carbonyl (C=O) groups is 1. The lowest BCUT2D eigenvalue weighted by Crippen LogP contribution is -2.48. The van der Waals surface area contributed by atoms with Crippen LogP contribution in [-0.2, 0) is 0 Å². The molecule has 3 aromatic rings. The van der Waals surface area contributed by atoms with Crippen molar-refractivity contribution in [3.8, 4) is 11.3 Å². The standard InChI is InChI=1S/C21H18F2N2O2/c22-16-3-1-15(2-4-16)19-9-10-20(27-19)21(26)25-13-11-24(12-14-25)18-7-5-17(23)6-8-18/h1-10H,11-14H2. The van der Waals surface area contributed by atoms with E-state index in [0.29, 0.717) is 31.9 Å². The number of hydrogen-bond acceptors (Lipinski definition) is 3. The summed E-state index contributed by atoms with van der Waals surface area (Å²) in [6.07, 6.45) is 0. The summed E-state index contributed by atoms with van der Waals surface area (Å²) in [4.78, 5) is 16.6. The highest BCUT2D eigenvalue weighted by atomic mass is 19.1. The number of hydrogen-bond donors (Lipinski definition) is 0. The summed E-state index contributed by atoms with van der Waals surface area (Å²) < 4.78 is 31.8. The highest BCUT2D eigenvalue weighted by Crippen LogP contribution is 2.24. The van der Waals surface area contributed by atoms with Crippen LogP contribution in [0.3, 0.4) is 0 Å². The van der Waals surface area contributed by atoms with E-state index in [9.17, 15) is 13.6 Å². The molecule has 1 aliphatic rings. The topological polar surface area (TPSA) is 36.7 Å². The van der Waals surface area contributed by atoms with Gasteiger partial charge in [0.05, 0.1) is 0 Å². The summed E-state index contributed by atoms with van der Waals surface area (Å²) in [5, 5.41) is 0. The van der Waals surface area contributed by atoms with Crippen LogP contribution in [0.2, 0.25) is 0 Å². The molecule has 1 fully saturated rings. The number of carbonyl (C=O) groups excluding carboxylic acids is 1. The Bertz CT molecular complexity index is 928. The fourth-order valence-electron chi connectivity index (χ4n) is 3.20. The maximum atomic E-state index is 13.1. The Morgan fingerprint density at radius 2 is 1.37 bits per heavy atom. The Kier molecular flexibility index (Phi) is 4.62. The van der Waals surface area contributed by atoms with E-state index in [1.165, 1.54) is 24.3 Å². The first-order chi connectivity index (χ1) is 13.1. The van der Waals surface area contributed by atoms with Crippen molar-refractivity contribution >= 4 is 11.6 Å². The van der Waals surface area contributed by atoms with E-state index in [1.54, 1.807) is 41.3 Å². The molecule has 1 aromatic heterocycles. The fraction of sp³-hybridized carbons (Fsp3) is 0.190. The van der Waals surface area contributed by atoms with Crippen LogP contribution in [0.5, 0.6) is 0 Å². The summed E-state index contributed by atoms with van der Waals surface area (Å²) in [5.41, 5.74) is 1.66. The third-order valence-corrected chi connectivity index (χ3v) is 4.70. The number of anilines is 1. The van der Waals surface area contributed by atoms with Gasteiger partial charge in [-0.05, 0) is 60.7 Å². The van der Waals surface area contributed by atoms with E-state index in [1.807, 2.05) is 0 Å². The number of rotatable bonds is 3. The average molecular weight is 368 g/mol. The van der Waals surface area contributed by atoms with Crippen LogP contribution in [-0.4, -0.2) is 37.0 Å². The van der Waals surface area contributed by atoms with E-state index in [-0.39, 0.29) is 23.3 Å². The molecule has 1 amide bonds. The van der Waals surface area contributed by atoms with Crippen LogP contribution < -0.4 is 4.90 Å². The van der Waals surface area contributed by atoms with Crippen LogP contribution in [0.25, 0.3) is 11.3 Å². The molecule has 27 heavy (non-hydrogen) atoms. The van der Waals surface area contributed by atoms with Gasteiger partial charge in [-0.2, -0.15) is 0 Å². The molecule has 0 N–H and O–H groups in total. The second-order valence-corrected chi connectivity index (χ2v) is 6.43. The van der Waals surface area contributed by atoms with Gasteiger partial charge in [-0.15, -0.1) is 0 Å². The summed E-state index contributed by atoms with van der Waals surface area (Å²) in [5.74, 6) is 0.0537. The molecule has 4 rings (SSSR count). The second-order valence-electron chi connectivity index (χ2n) is 6.43. The molecule has 0 aliphatic carbocycles. The summed E-state index contributed by atoms with van der Waals surface area (Å²) in [7, 11) is 0. The molecule has 1 aliphatic heterocycles. The maximum absolute atomic E-state index is 13.1. The lowest BCUT2D eigenvalue weighted by Gasteiger charge is -2.35. The highest BCUT2D eigenvalue weighted by Gasteiger charge is 2.24. The van der Waals surface area contributed by atoms with Gasteiger partial charge < -0.3 is 14.2 Å². The van der Waals surface area contributed by atoms with Crippen molar-refractivity contribution in [3.05, 3.63) is 78.1 Å². The smallest absolute Gasteiger partial charge is 0.289 e. The fourth-order valence-corrected chi connectivity index (χ4v) is 3.20. The van der Waals surface area contributed by atoms with E-state index in [2.05, 4.69) is 4.90 Å². The molecule has 2 heterocycles. The van der Waals surface area contributed by atoms with Gasteiger partial charge in [-0.3, -0.25) is 4.79 Å². The summed E-state index contributed by atoms with van der Waals surface area (Å²) >= 11 is 0. The van der Waals surface area contributed by atoms with Crippen molar-refractivity contribution in [2.45, 2.75) is 0 Å². The maximum Gasteiger partial charge on any atom is 0.289 e. The molecule has 1 saturated heterocycles. The molecule has 2 aromatic carbocycles. The normalized spacial score (nSPS) is 14.4. The quantitative estimate of drug-likeness (QED) is 0.696. The molecule has 0 spiro atoms. The molecule has 0 bridgehead atoms. The van der Waals surface area contributed by atoms with Crippen LogP contribution in [0, 0.1) is 11.6 Å². The molecular formula is C21H18F2N2O2. The molecular weight excluding hydrogens is 350 g/mol. The van der Waals surface area contributed by atoms with Crippen LogP contribution in [0.15, 0.2) is 65.1 Å². The van der Waals surface area contributed by atoms with Gasteiger partial charge in [-0.25, -0.2) is 8.78 Å². The Labute approximate surface area is 155 Å². The van der Waals surface area contributed by atoms with Crippen molar-refractivity contribution in [1.82, 2.24) is 4.90 Å². The van der Waals surface area contributed by atoms with Crippen LogP contribution >= 0.6 is 0 Å². The number of amides is 1. The lowest BCUT2D eigenvalue weighted by molar-refractivity contribution is 0.0715. The van der Waals surface area contributed by atoms with Crippen molar-refractivity contribution in [2.24, 2.45) is 0 Å². The van der Waals surface area contributed by atoms with Gasteiger partial charge in [-0.1, -0.05) is 0 Å². The minimum absolute atomic E-state index is 0.165. The van der Waals surface area contributed by atoms with Gasteiger partial charge in [0.15, 0.2) is 5.76 Å². The SMILES string of the molecule is O=C(c1ccc(-c2ccc(F)cc2)o1)N1CCN(c2ccc(F)cc2)CC1. The molecule has 0 radical (unpaired) electrons. The zero-order valence-electron chi connectivity index (χ0n) is 14.6. The minimum atomic E-state index is -0.319. The number of piperazine rings is 1. The first-order valence-electron chi connectivity index (χ1n) is 8.76. The summed E-state index contributed by atoms with van der Waals surface area (Å²) in [6.45, 7) is 2.46. The minimum Gasteiger partial charge on any atom is -0.451 e. The molecule has 6 heteroatoms.